The van der Waals surface area contributed by atoms with E-state index in [0.29, 0.717) is 17.8 Å². The van der Waals surface area contributed by atoms with Crippen molar-refractivity contribution in [1.82, 2.24) is 9.47 Å². The quantitative estimate of drug-likeness (QED) is 0.792. The van der Waals surface area contributed by atoms with Gasteiger partial charge in [0.2, 0.25) is 0 Å². The summed E-state index contributed by atoms with van der Waals surface area (Å²) in [6.45, 7) is 1.05. The van der Waals surface area contributed by atoms with Gasteiger partial charge in [-0.05, 0) is 43.0 Å². The molecule has 1 aromatic heterocycles. The maximum absolute atomic E-state index is 6.23. The van der Waals surface area contributed by atoms with Crippen LogP contribution in [-0.2, 0) is 23.8 Å². The Morgan fingerprint density at radius 1 is 1.36 bits per heavy atom. The zero-order valence-corrected chi connectivity index (χ0v) is 14.2. The molecule has 4 rings (SSSR count). The highest BCUT2D eigenvalue weighted by Crippen LogP contribution is 2.49. The number of hydrogen-bond donors (Lipinski definition) is 0. The van der Waals surface area contributed by atoms with E-state index >= 15 is 0 Å². The molecule has 1 aliphatic carbocycles. The second kappa shape index (κ2) is 4.98. The second-order valence-corrected chi connectivity index (χ2v) is 7.25. The normalized spacial score (nSPS) is 31.5. The van der Waals surface area contributed by atoms with E-state index in [1.165, 1.54) is 22.0 Å². The number of alkyl halides is 1. The van der Waals surface area contributed by atoms with Crippen LogP contribution in [0.4, 0.5) is 0 Å². The highest BCUT2D eigenvalue weighted by Gasteiger charge is 2.51. The fourth-order valence-electron chi connectivity index (χ4n) is 4.82. The first-order chi connectivity index (χ1) is 10.6. The standard InChI is InChI=1S/C18H23ClN2O/c1-20-11-13-7-16-18(22-3,8-12(9-19)10-21(16)2)14-5-4-6-15(20)17(13)14/h4-6,11-12,16H,7-10H2,1-3H3. The van der Waals surface area contributed by atoms with Crippen molar-refractivity contribution in [2.45, 2.75) is 24.5 Å². The zero-order valence-electron chi connectivity index (χ0n) is 13.5. The lowest BCUT2D eigenvalue weighted by molar-refractivity contribution is -0.122. The van der Waals surface area contributed by atoms with Crippen LogP contribution in [0.2, 0.25) is 0 Å². The predicted molar refractivity (Wildman–Crippen MR) is 90.6 cm³/mol. The van der Waals surface area contributed by atoms with Gasteiger partial charge in [-0.1, -0.05) is 12.1 Å². The summed E-state index contributed by atoms with van der Waals surface area (Å²) < 4.78 is 8.48. The van der Waals surface area contributed by atoms with Gasteiger partial charge in [-0.3, -0.25) is 4.90 Å². The van der Waals surface area contributed by atoms with Crippen molar-refractivity contribution in [2.75, 3.05) is 26.6 Å². The minimum Gasteiger partial charge on any atom is -0.372 e. The number of likely N-dealkylation sites (tertiary alicyclic amines) is 1. The zero-order chi connectivity index (χ0) is 15.5. The van der Waals surface area contributed by atoms with Gasteiger partial charge in [0.15, 0.2) is 0 Å². The first kappa shape index (κ1) is 14.6. The first-order valence-corrected chi connectivity index (χ1v) is 8.53. The Balaban J connectivity index is 1.98. The third kappa shape index (κ3) is 1.76. The van der Waals surface area contributed by atoms with Crippen LogP contribution in [0.15, 0.2) is 24.4 Å². The Morgan fingerprint density at radius 2 is 2.18 bits per heavy atom. The molecular formula is C18H23ClN2O. The van der Waals surface area contributed by atoms with E-state index in [4.69, 9.17) is 16.3 Å². The molecule has 4 heteroatoms. The van der Waals surface area contributed by atoms with Gasteiger partial charge < -0.3 is 9.30 Å². The van der Waals surface area contributed by atoms with Gasteiger partial charge in [-0.15, -0.1) is 11.6 Å². The summed E-state index contributed by atoms with van der Waals surface area (Å²) in [5, 5.41) is 1.40. The lowest BCUT2D eigenvalue weighted by atomic mass is 9.69. The van der Waals surface area contributed by atoms with Crippen molar-refractivity contribution in [2.24, 2.45) is 13.0 Å². The minimum atomic E-state index is -0.236. The Morgan fingerprint density at radius 3 is 2.91 bits per heavy atom. The van der Waals surface area contributed by atoms with E-state index in [0.717, 1.165) is 19.4 Å². The molecule has 3 unspecified atom stereocenters. The summed E-state index contributed by atoms with van der Waals surface area (Å²) in [7, 11) is 6.21. The third-order valence-electron chi connectivity index (χ3n) is 5.75. The third-order valence-corrected chi connectivity index (χ3v) is 6.19. The van der Waals surface area contributed by atoms with Crippen molar-refractivity contribution in [3.05, 3.63) is 35.5 Å². The number of nitrogens with zero attached hydrogens (tertiary/aromatic N) is 2. The number of hydrogen-bond acceptors (Lipinski definition) is 2. The minimum absolute atomic E-state index is 0.236. The molecule has 3 atom stereocenters. The maximum Gasteiger partial charge on any atom is 0.109 e. The van der Waals surface area contributed by atoms with Gasteiger partial charge >= 0.3 is 0 Å². The number of rotatable bonds is 2. The van der Waals surface area contributed by atoms with Gasteiger partial charge in [0.25, 0.3) is 0 Å². The largest absolute Gasteiger partial charge is 0.372 e. The molecule has 1 saturated heterocycles. The average Bonchev–Trinajstić information content (AvgIpc) is 2.86. The molecule has 0 amide bonds. The molecular weight excluding hydrogens is 296 g/mol. The number of ether oxygens (including phenoxy) is 1. The van der Waals surface area contributed by atoms with E-state index in [9.17, 15) is 0 Å². The molecule has 22 heavy (non-hydrogen) atoms. The fraction of sp³-hybridized carbons (Fsp3) is 0.556. The Hall–Kier alpha value is -1.03. The van der Waals surface area contributed by atoms with Gasteiger partial charge in [0, 0.05) is 49.7 Å². The molecule has 1 aromatic carbocycles. The molecule has 2 aliphatic rings. The molecule has 0 radical (unpaired) electrons. The van der Waals surface area contributed by atoms with Crippen molar-refractivity contribution < 1.29 is 4.74 Å². The van der Waals surface area contributed by atoms with Crippen molar-refractivity contribution in [3.8, 4) is 0 Å². The summed E-state index contributed by atoms with van der Waals surface area (Å²) >= 11 is 6.22. The van der Waals surface area contributed by atoms with Crippen LogP contribution < -0.4 is 0 Å². The van der Waals surface area contributed by atoms with E-state index in [1.807, 2.05) is 7.11 Å². The van der Waals surface area contributed by atoms with E-state index in [1.54, 1.807) is 0 Å². The highest BCUT2D eigenvalue weighted by atomic mass is 35.5. The van der Waals surface area contributed by atoms with Crippen LogP contribution in [0.25, 0.3) is 10.9 Å². The first-order valence-electron chi connectivity index (χ1n) is 7.99. The molecule has 2 heterocycles. The molecule has 0 spiro atoms. The number of halogens is 1. The van der Waals surface area contributed by atoms with Gasteiger partial charge in [0.05, 0.1) is 0 Å². The number of piperidine rings is 1. The number of aromatic nitrogens is 1. The van der Waals surface area contributed by atoms with Gasteiger partial charge in [-0.2, -0.15) is 0 Å². The number of likely N-dealkylation sites (N-methyl/N-ethyl adjacent to an activating group) is 1. The van der Waals surface area contributed by atoms with Crippen LogP contribution in [0.5, 0.6) is 0 Å². The predicted octanol–water partition coefficient (Wildman–Crippen LogP) is 3.14. The van der Waals surface area contributed by atoms with Crippen molar-refractivity contribution in [1.29, 1.82) is 0 Å². The highest BCUT2D eigenvalue weighted by molar-refractivity contribution is 6.18. The summed E-state index contributed by atoms with van der Waals surface area (Å²) in [5.74, 6) is 1.17. The topological polar surface area (TPSA) is 17.4 Å². The number of aryl methyl sites for hydroxylation is 1. The molecule has 1 fully saturated rings. The fourth-order valence-corrected chi connectivity index (χ4v) is 5.02. The Labute approximate surface area is 136 Å². The smallest absolute Gasteiger partial charge is 0.109 e. The summed E-state index contributed by atoms with van der Waals surface area (Å²) in [6.07, 6.45) is 4.35. The number of fused-ring (bicyclic) bond motifs is 2. The molecule has 2 aromatic rings. The van der Waals surface area contributed by atoms with E-state index < -0.39 is 0 Å². The maximum atomic E-state index is 6.23. The lowest BCUT2D eigenvalue weighted by Crippen LogP contribution is -2.59. The van der Waals surface area contributed by atoms with Crippen LogP contribution in [-0.4, -0.2) is 42.1 Å². The molecule has 0 N–H and O–H groups in total. The van der Waals surface area contributed by atoms with Crippen molar-refractivity contribution in [3.63, 3.8) is 0 Å². The average molecular weight is 319 g/mol. The summed E-state index contributed by atoms with van der Waals surface area (Å²) in [4.78, 5) is 2.45. The Kier molecular flexibility index (Phi) is 3.30. The lowest BCUT2D eigenvalue weighted by Gasteiger charge is -2.52. The number of methoxy groups -OCH3 is 1. The van der Waals surface area contributed by atoms with Gasteiger partial charge in [0.1, 0.15) is 5.60 Å². The van der Waals surface area contributed by atoms with E-state index in [-0.39, 0.29) is 5.60 Å². The Bertz CT molecular complexity index is 725. The molecule has 0 bridgehead atoms. The van der Waals surface area contributed by atoms with Crippen LogP contribution in [0, 0.1) is 5.92 Å². The molecule has 1 aliphatic heterocycles. The molecule has 3 nitrogen and oxygen atoms in total. The molecule has 118 valence electrons. The monoisotopic (exact) mass is 318 g/mol. The second-order valence-electron chi connectivity index (χ2n) is 6.94. The summed E-state index contributed by atoms with van der Waals surface area (Å²) in [6, 6.07) is 7.01. The SMILES string of the molecule is COC12CC(CCl)CN(C)C1Cc1cn(C)c3cccc2c13. The molecule has 0 saturated carbocycles. The van der Waals surface area contributed by atoms with Gasteiger partial charge in [-0.25, -0.2) is 0 Å². The van der Waals surface area contributed by atoms with Crippen LogP contribution in [0.1, 0.15) is 17.5 Å². The van der Waals surface area contributed by atoms with Crippen LogP contribution >= 0.6 is 11.6 Å². The summed E-state index contributed by atoms with van der Waals surface area (Å²) in [5.41, 5.74) is 3.86. The number of benzene rings is 1. The van der Waals surface area contributed by atoms with Crippen molar-refractivity contribution >= 4 is 22.5 Å². The van der Waals surface area contributed by atoms with Crippen LogP contribution in [0.3, 0.4) is 0 Å². The van der Waals surface area contributed by atoms with E-state index in [2.05, 4.69) is 48.0 Å².